The van der Waals surface area contributed by atoms with Crippen LogP contribution in [0.3, 0.4) is 0 Å². The second-order valence-electron chi connectivity index (χ2n) is 6.91. The van der Waals surface area contributed by atoms with Crippen LogP contribution in [0.1, 0.15) is 35.6 Å². The Kier molecular flexibility index (Phi) is 6.72. The van der Waals surface area contributed by atoms with E-state index in [1.165, 1.54) is 4.57 Å². The molecule has 0 saturated carbocycles. The van der Waals surface area contributed by atoms with Gasteiger partial charge in [-0.05, 0) is 25.0 Å². The summed E-state index contributed by atoms with van der Waals surface area (Å²) in [4.78, 5) is 17.1. The molecule has 0 atom stereocenters. The smallest absolute Gasteiger partial charge is 0.422 e. The van der Waals surface area contributed by atoms with Gasteiger partial charge in [0.1, 0.15) is 5.65 Å². The van der Waals surface area contributed by atoms with Crippen LogP contribution >= 0.6 is 0 Å². The van der Waals surface area contributed by atoms with Crippen molar-refractivity contribution >= 4 is 22.7 Å². The third kappa shape index (κ3) is 5.10. The minimum absolute atomic E-state index is 0.0799. The van der Waals surface area contributed by atoms with Gasteiger partial charge in [0.2, 0.25) is 0 Å². The largest absolute Gasteiger partial charge is 0.481 e. The summed E-state index contributed by atoms with van der Waals surface area (Å²) >= 11 is 0. The molecule has 1 N–H and O–H groups in total. The van der Waals surface area contributed by atoms with E-state index in [4.69, 9.17) is 9.47 Å². The van der Waals surface area contributed by atoms with Crippen molar-refractivity contribution in [1.82, 2.24) is 9.55 Å². The molecule has 0 fully saturated rings. The van der Waals surface area contributed by atoms with E-state index in [2.05, 4.69) is 10.3 Å². The molecular weight excluding hydrogens is 411 g/mol. The number of ether oxygens (including phenoxy) is 2. The van der Waals surface area contributed by atoms with Crippen LogP contribution in [0.2, 0.25) is 0 Å². The van der Waals surface area contributed by atoms with Crippen molar-refractivity contribution < 1.29 is 27.4 Å². The van der Waals surface area contributed by atoms with E-state index in [1.807, 2.05) is 37.3 Å². The molecule has 1 aromatic carbocycles. The van der Waals surface area contributed by atoms with Gasteiger partial charge >= 0.3 is 12.1 Å². The number of hydrogen-bond donors (Lipinski definition) is 1. The lowest BCUT2D eigenvalue weighted by molar-refractivity contribution is -0.153. The Morgan fingerprint density at radius 1 is 1.19 bits per heavy atom. The summed E-state index contributed by atoms with van der Waals surface area (Å²) in [7, 11) is 1.55. The van der Waals surface area contributed by atoms with Gasteiger partial charge in [-0.25, -0.2) is 9.78 Å². The van der Waals surface area contributed by atoms with E-state index in [0.29, 0.717) is 29.7 Å². The van der Waals surface area contributed by atoms with Crippen molar-refractivity contribution in [2.45, 2.75) is 33.0 Å². The highest BCUT2D eigenvalue weighted by molar-refractivity contribution is 6.01. The van der Waals surface area contributed by atoms with Crippen LogP contribution in [0, 0.1) is 0 Å². The van der Waals surface area contributed by atoms with Crippen LogP contribution in [0.5, 0.6) is 5.75 Å². The summed E-state index contributed by atoms with van der Waals surface area (Å²) < 4.78 is 50.1. The number of nitrogens with zero attached hydrogens (tertiary/aromatic N) is 2. The predicted octanol–water partition coefficient (Wildman–Crippen LogP) is 4.87. The summed E-state index contributed by atoms with van der Waals surface area (Å²) in [6.07, 6.45) is -3.97. The molecule has 2 aromatic heterocycles. The van der Waals surface area contributed by atoms with Gasteiger partial charge in [0, 0.05) is 13.6 Å². The number of nitrogens with one attached hydrogen (secondary N) is 1. The summed E-state index contributed by atoms with van der Waals surface area (Å²) in [5, 5.41) is 3.60. The molecule has 0 aliphatic carbocycles. The highest BCUT2D eigenvalue weighted by Gasteiger charge is 2.32. The Morgan fingerprint density at radius 2 is 1.90 bits per heavy atom. The van der Waals surface area contributed by atoms with E-state index in [0.717, 1.165) is 11.3 Å². The number of esters is 1. The Hall–Kier alpha value is -3.23. The molecular formula is C22H24F3N3O3. The van der Waals surface area contributed by atoms with Gasteiger partial charge in [-0.2, -0.15) is 13.2 Å². The van der Waals surface area contributed by atoms with Crippen LogP contribution in [0.25, 0.3) is 11.0 Å². The Morgan fingerprint density at radius 3 is 2.52 bits per heavy atom. The average Bonchev–Trinajstić information content (AvgIpc) is 3.01. The Labute approximate surface area is 178 Å². The third-order valence-electron chi connectivity index (χ3n) is 4.70. The monoisotopic (exact) mass is 435 g/mol. The number of aryl methyl sites for hydroxylation is 2. The maximum Gasteiger partial charge on any atom is 0.422 e. The van der Waals surface area contributed by atoms with Gasteiger partial charge in [0.05, 0.1) is 23.4 Å². The first-order valence-corrected chi connectivity index (χ1v) is 9.91. The maximum atomic E-state index is 12.9. The zero-order valence-corrected chi connectivity index (χ0v) is 17.5. The Bertz CT molecular complexity index is 1060. The first-order chi connectivity index (χ1) is 14.7. The van der Waals surface area contributed by atoms with E-state index >= 15 is 0 Å². The third-order valence-corrected chi connectivity index (χ3v) is 4.70. The number of carbonyl (C=O) groups excluding carboxylic acids is 1. The topological polar surface area (TPSA) is 65.4 Å². The fourth-order valence-electron chi connectivity index (χ4n) is 3.29. The highest BCUT2D eigenvalue weighted by atomic mass is 19.4. The number of pyridine rings is 1. The highest BCUT2D eigenvalue weighted by Crippen LogP contribution is 2.36. The number of benzene rings is 1. The second-order valence-corrected chi connectivity index (χ2v) is 6.91. The van der Waals surface area contributed by atoms with Crippen molar-refractivity contribution in [2.24, 2.45) is 7.05 Å². The number of hydrogen-bond acceptors (Lipinski definition) is 5. The van der Waals surface area contributed by atoms with Crippen LogP contribution in [-0.2, 0) is 24.8 Å². The van der Waals surface area contributed by atoms with Crippen LogP contribution in [0.15, 0.2) is 36.4 Å². The molecule has 0 radical (unpaired) electrons. The quantitative estimate of drug-likeness (QED) is 0.512. The zero-order valence-electron chi connectivity index (χ0n) is 17.5. The molecule has 166 valence electrons. The fraction of sp³-hybridized carbons (Fsp3) is 0.364. The number of halogens is 3. The molecule has 0 amide bonds. The van der Waals surface area contributed by atoms with Crippen molar-refractivity contribution in [3.8, 4) is 5.75 Å². The molecule has 3 aromatic rings. The van der Waals surface area contributed by atoms with Crippen molar-refractivity contribution in [3.05, 3.63) is 53.3 Å². The van der Waals surface area contributed by atoms with Gasteiger partial charge in [0.25, 0.3) is 0 Å². The summed E-state index contributed by atoms with van der Waals surface area (Å²) in [6, 6.07) is 11.4. The fourth-order valence-corrected chi connectivity index (χ4v) is 3.29. The van der Waals surface area contributed by atoms with Crippen molar-refractivity contribution in [1.29, 1.82) is 0 Å². The molecule has 0 saturated heterocycles. The zero-order chi connectivity index (χ0) is 22.6. The maximum absolute atomic E-state index is 12.9. The normalized spacial score (nSPS) is 11.5. The number of anilines is 1. The molecule has 2 heterocycles. The van der Waals surface area contributed by atoms with Crippen LogP contribution in [0.4, 0.5) is 18.9 Å². The lowest BCUT2D eigenvalue weighted by atomic mass is 10.1. The standard InChI is InChI=1S/C22H24F3N3O3/c1-4-16-17(26-12-14-9-7-6-8-10-14)11-15-19(31-13-22(23,24)25)18(21(29)30-5-2)28(3)20(15)27-16/h6-11,26H,4-5,12-13H2,1-3H3. The molecule has 0 aliphatic rings. The first-order valence-electron chi connectivity index (χ1n) is 9.91. The number of carbonyl (C=O) groups is 1. The molecule has 6 nitrogen and oxygen atoms in total. The number of rotatable bonds is 8. The molecule has 0 spiro atoms. The van der Waals surface area contributed by atoms with Crippen LogP contribution in [-0.4, -0.2) is 34.9 Å². The molecule has 9 heteroatoms. The number of aromatic nitrogens is 2. The van der Waals surface area contributed by atoms with Gasteiger partial charge in [-0.15, -0.1) is 0 Å². The summed E-state index contributed by atoms with van der Waals surface area (Å²) in [6.45, 7) is 2.61. The summed E-state index contributed by atoms with van der Waals surface area (Å²) in [5.74, 6) is -0.955. The first kappa shape index (κ1) is 22.5. The summed E-state index contributed by atoms with van der Waals surface area (Å²) in [5.41, 5.74) is 2.68. The lowest BCUT2D eigenvalue weighted by Crippen LogP contribution is -2.20. The van der Waals surface area contributed by atoms with Gasteiger partial charge in [-0.1, -0.05) is 37.3 Å². The van der Waals surface area contributed by atoms with Crippen molar-refractivity contribution in [3.63, 3.8) is 0 Å². The molecule has 0 aliphatic heterocycles. The lowest BCUT2D eigenvalue weighted by Gasteiger charge is -2.12. The van der Waals surface area contributed by atoms with Crippen LogP contribution < -0.4 is 10.1 Å². The minimum atomic E-state index is -4.56. The average molecular weight is 435 g/mol. The van der Waals surface area contributed by atoms with Gasteiger partial charge in [-0.3, -0.25) is 0 Å². The van der Waals surface area contributed by atoms with Gasteiger partial charge < -0.3 is 19.4 Å². The van der Waals surface area contributed by atoms with E-state index in [9.17, 15) is 18.0 Å². The van der Waals surface area contributed by atoms with Gasteiger partial charge in [0.15, 0.2) is 18.1 Å². The minimum Gasteiger partial charge on any atom is -0.481 e. The Balaban J connectivity index is 2.09. The van der Waals surface area contributed by atoms with E-state index in [-0.39, 0.29) is 18.1 Å². The van der Waals surface area contributed by atoms with E-state index < -0.39 is 18.8 Å². The number of fused-ring (bicyclic) bond motifs is 1. The predicted molar refractivity (Wildman–Crippen MR) is 111 cm³/mol. The SMILES string of the molecule is CCOC(=O)c1c(OCC(F)(F)F)c2cc(NCc3ccccc3)c(CC)nc2n1C. The van der Waals surface area contributed by atoms with Crippen molar-refractivity contribution in [2.75, 3.05) is 18.5 Å². The number of alkyl halides is 3. The van der Waals surface area contributed by atoms with E-state index in [1.54, 1.807) is 20.0 Å². The molecule has 3 rings (SSSR count). The molecule has 31 heavy (non-hydrogen) atoms. The molecule has 0 bridgehead atoms. The second kappa shape index (κ2) is 9.28. The molecule has 0 unspecified atom stereocenters.